The fraction of sp³-hybridized carbons (Fsp3) is 1.00. The van der Waals surface area contributed by atoms with Crippen molar-refractivity contribution in [1.29, 1.82) is 0 Å². The third-order valence-corrected chi connectivity index (χ3v) is 7.32. The maximum Gasteiger partial charge on any atom is 0.00986 e. The van der Waals surface area contributed by atoms with Gasteiger partial charge in [0.25, 0.3) is 0 Å². The molecule has 2 N–H and O–H groups in total. The first kappa shape index (κ1) is 15.8. The van der Waals surface area contributed by atoms with Gasteiger partial charge in [-0.15, -0.1) is 0 Å². The molecule has 0 saturated heterocycles. The second-order valence-electron chi connectivity index (χ2n) is 9.39. The van der Waals surface area contributed by atoms with Crippen LogP contribution in [-0.2, 0) is 0 Å². The Bertz CT molecular complexity index is 347. The van der Waals surface area contributed by atoms with Crippen LogP contribution < -0.4 is 5.73 Å². The van der Waals surface area contributed by atoms with Gasteiger partial charge in [-0.2, -0.15) is 0 Å². The van der Waals surface area contributed by atoms with Crippen LogP contribution in [0.3, 0.4) is 0 Å². The molecule has 4 bridgehead atoms. The minimum Gasteiger partial charge on any atom is -0.327 e. The molecule has 4 saturated carbocycles. The van der Waals surface area contributed by atoms with Gasteiger partial charge in [0.05, 0.1) is 0 Å². The van der Waals surface area contributed by atoms with E-state index in [1.54, 1.807) is 0 Å². The van der Waals surface area contributed by atoms with Gasteiger partial charge in [-0.05, 0) is 73.5 Å². The predicted molar refractivity (Wildman–Crippen MR) is 91.1 cm³/mol. The molecule has 0 spiro atoms. The van der Waals surface area contributed by atoms with E-state index in [2.05, 4.69) is 20.8 Å². The van der Waals surface area contributed by atoms with Crippen LogP contribution in [0, 0.1) is 28.6 Å². The molecule has 0 aliphatic heterocycles. The zero-order valence-corrected chi connectivity index (χ0v) is 14.7. The Balaban J connectivity index is 1.67. The zero-order valence-electron chi connectivity index (χ0n) is 14.7. The molecule has 4 aliphatic carbocycles. The van der Waals surface area contributed by atoms with Crippen LogP contribution in [-0.4, -0.2) is 6.04 Å². The van der Waals surface area contributed by atoms with Crippen molar-refractivity contribution in [3.63, 3.8) is 0 Å². The molecule has 4 fully saturated rings. The average Bonchev–Trinajstić information content (AvgIpc) is 2.40. The molecule has 0 amide bonds. The molecule has 1 heteroatoms. The van der Waals surface area contributed by atoms with Crippen molar-refractivity contribution in [2.45, 2.75) is 97.4 Å². The predicted octanol–water partition coefficient (Wildman–Crippen LogP) is 5.53. The van der Waals surface area contributed by atoms with Crippen molar-refractivity contribution in [2.24, 2.45) is 34.3 Å². The number of nitrogens with two attached hydrogens (primary N) is 1. The minimum absolute atomic E-state index is 0.476. The zero-order chi connectivity index (χ0) is 15.1. The first-order valence-electron chi connectivity index (χ1n) is 9.74. The van der Waals surface area contributed by atoms with Gasteiger partial charge in [0.15, 0.2) is 0 Å². The summed E-state index contributed by atoms with van der Waals surface area (Å²) in [5.74, 6) is 2.90. The topological polar surface area (TPSA) is 26.0 Å². The molecule has 21 heavy (non-hydrogen) atoms. The van der Waals surface area contributed by atoms with Crippen LogP contribution >= 0.6 is 0 Å². The summed E-state index contributed by atoms with van der Waals surface area (Å²) < 4.78 is 0. The summed E-state index contributed by atoms with van der Waals surface area (Å²) in [6, 6.07) is 0.476. The fourth-order valence-corrected chi connectivity index (χ4v) is 6.82. The Labute approximate surface area is 132 Å². The molecule has 0 radical (unpaired) electrons. The third kappa shape index (κ3) is 3.05. The van der Waals surface area contributed by atoms with Crippen LogP contribution in [0.15, 0.2) is 0 Å². The highest BCUT2D eigenvalue weighted by atomic mass is 14.7. The number of unbranched alkanes of at least 4 members (excludes halogenated alkanes) is 1. The Morgan fingerprint density at radius 2 is 1.76 bits per heavy atom. The Morgan fingerprint density at radius 1 is 1.10 bits per heavy atom. The van der Waals surface area contributed by atoms with Crippen LogP contribution in [0.25, 0.3) is 0 Å². The van der Waals surface area contributed by atoms with Crippen LogP contribution in [0.4, 0.5) is 0 Å². The van der Waals surface area contributed by atoms with Gasteiger partial charge in [-0.3, -0.25) is 0 Å². The van der Waals surface area contributed by atoms with Crippen molar-refractivity contribution >= 4 is 0 Å². The van der Waals surface area contributed by atoms with Gasteiger partial charge in [-0.25, -0.2) is 0 Å². The lowest BCUT2D eigenvalue weighted by atomic mass is 9.43. The molecule has 4 atom stereocenters. The van der Waals surface area contributed by atoms with Crippen molar-refractivity contribution in [3.8, 4) is 0 Å². The molecule has 0 aromatic heterocycles. The molecular formula is C20H37N. The number of rotatable bonds is 7. The molecule has 4 rings (SSSR count). The van der Waals surface area contributed by atoms with Crippen molar-refractivity contribution < 1.29 is 0 Å². The summed E-state index contributed by atoms with van der Waals surface area (Å²) in [5.41, 5.74) is 8.05. The standard InChI is InChI=1S/C20H37N/c1-4-6-7-15(5-2)9-18(21)20-12-16-8-17(13-20)11-19(3,10-16)14-20/h15-18H,4-14,21H2,1-3H3. The van der Waals surface area contributed by atoms with E-state index in [4.69, 9.17) is 5.73 Å². The highest BCUT2D eigenvalue weighted by molar-refractivity contribution is 5.09. The second-order valence-corrected chi connectivity index (χ2v) is 9.39. The number of hydrogen-bond donors (Lipinski definition) is 1. The van der Waals surface area contributed by atoms with E-state index in [0.29, 0.717) is 16.9 Å². The van der Waals surface area contributed by atoms with E-state index in [1.165, 1.54) is 70.6 Å². The Hall–Kier alpha value is -0.0400. The molecule has 1 nitrogen and oxygen atoms in total. The van der Waals surface area contributed by atoms with Gasteiger partial charge < -0.3 is 5.73 Å². The maximum atomic E-state index is 6.88. The lowest BCUT2D eigenvalue weighted by molar-refractivity contribution is -0.115. The van der Waals surface area contributed by atoms with E-state index in [1.807, 2.05) is 0 Å². The summed E-state index contributed by atoms with van der Waals surface area (Å²) in [6.45, 7) is 7.25. The van der Waals surface area contributed by atoms with Crippen molar-refractivity contribution in [1.82, 2.24) is 0 Å². The normalized spacial score (nSPS) is 44.0. The lowest BCUT2D eigenvalue weighted by Crippen LogP contribution is -2.57. The monoisotopic (exact) mass is 291 g/mol. The second kappa shape index (κ2) is 5.87. The summed E-state index contributed by atoms with van der Waals surface area (Å²) >= 11 is 0. The van der Waals surface area contributed by atoms with Gasteiger partial charge in [0, 0.05) is 6.04 Å². The molecule has 0 heterocycles. The highest BCUT2D eigenvalue weighted by Gasteiger charge is 2.57. The molecule has 122 valence electrons. The first-order chi connectivity index (χ1) is 9.98. The number of hydrogen-bond acceptors (Lipinski definition) is 1. The van der Waals surface area contributed by atoms with E-state index in [9.17, 15) is 0 Å². The SMILES string of the molecule is CCCCC(CC)CC(N)C12CC3CC(CC(C)(C3)C1)C2. The summed E-state index contributed by atoms with van der Waals surface area (Å²) in [5, 5.41) is 0. The van der Waals surface area contributed by atoms with E-state index >= 15 is 0 Å². The van der Waals surface area contributed by atoms with Gasteiger partial charge >= 0.3 is 0 Å². The van der Waals surface area contributed by atoms with Gasteiger partial charge in [0.1, 0.15) is 0 Å². The maximum absolute atomic E-state index is 6.88. The Morgan fingerprint density at radius 3 is 2.29 bits per heavy atom. The minimum atomic E-state index is 0.476. The van der Waals surface area contributed by atoms with E-state index in [0.717, 1.165) is 17.8 Å². The van der Waals surface area contributed by atoms with Crippen molar-refractivity contribution in [3.05, 3.63) is 0 Å². The molecule has 0 aromatic carbocycles. The molecule has 4 unspecified atom stereocenters. The van der Waals surface area contributed by atoms with Crippen molar-refractivity contribution in [2.75, 3.05) is 0 Å². The molecule has 0 aromatic rings. The third-order valence-electron chi connectivity index (χ3n) is 7.32. The highest BCUT2D eigenvalue weighted by Crippen LogP contribution is 2.66. The smallest absolute Gasteiger partial charge is 0.00986 e. The van der Waals surface area contributed by atoms with Crippen LogP contribution in [0.5, 0.6) is 0 Å². The van der Waals surface area contributed by atoms with E-state index in [-0.39, 0.29) is 0 Å². The molecule has 4 aliphatic rings. The lowest BCUT2D eigenvalue weighted by Gasteiger charge is -2.63. The largest absolute Gasteiger partial charge is 0.327 e. The summed E-state index contributed by atoms with van der Waals surface area (Å²) in [7, 11) is 0. The summed E-state index contributed by atoms with van der Waals surface area (Å²) in [4.78, 5) is 0. The quantitative estimate of drug-likeness (QED) is 0.656. The van der Waals surface area contributed by atoms with Crippen LogP contribution in [0.1, 0.15) is 91.4 Å². The van der Waals surface area contributed by atoms with E-state index < -0.39 is 0 Å². The van der Waals surface area contributed by atoms with Crippen LogP contribution in [0.2, 0.25) is 0 Å². The average molecular weight is 292 g/mol. The fourth-order valence-electron chi connectivity index (χ4n) is 6.82. The first-order valence-corrected chi connectivity index (χ1v) is 9.74. The summed E-state index contributed by atoms with van der Waals surface area (Å²) in [6.07, 6.45) is 15.7. The Kier molecular flexibility index (Phi) is 4.43. The van der Waals surface area contributed by atoms with Gasteiger partial charge in [-0.1, -0.05) is 46.5 Å². The van der Waals surface area contributed by atoms with Gasteiger partial charge in [0.2, 0.25) is 0 Å². The molecular weight excluding hydrogens is 254 g/mol.